The highest BCUT2D eigenvalue weighted by Crippen LogP contribution is 2.22. The number of hydrogen-bond acceptors (Lipinski definition) is 6. The van der Waals surface area contributed by atoms with Gasteiger partial charge in [0, 0.05) is 0 Å². The Bertz CT molecular complexity index is 603. The summed E-state index contributed by atoms with van der Waals surface area (Å²) in [6.07, 6.45) is -0.0413. The molecule has 8 heteroatoms. The summed E-state index contributed by atoms with van der Waals surface area (Å²) in [4.78, 5) is 13.4. The van der Waals surface area contributed by atoms with Crippen molar-refractivity contribution in [2.45, 2.75) is 25.2 Å². The number of rotatable bonds is 5. The Morgan fingerprint density at radius 1 is 1.36 bits per heavy atom. The van der Waals surface area contributed by atoms with Gasteiger partial charge in [-0.3, -0.25) is 4.18 Å². The monoisotopic (exact) mass is 329 g/mol. The number of aliphatic hydroxyl groups is 1. The van der Waals surface area contributed by atoms with Crippen LogP contribution < -0.4 is 0 Å². The van der Waals surface area contributed by atoms with Crippen LogP contribution >= 0.6 is 0 Å². The van der Waals surface area contributed by atoms with Crippen molar-refractivity contribution in [3.8, 4) is 0 Å². The molecule has 1 aromatic rings. The predicted octanol–water partition coefficient (Wildman–Crippen LogP) is 0.735. The van der Waals surface area contributed by atoms with E-state index >= 15 is 0 Å². The summed E-state index contributed by atoms with van der Waals surface area (Å²) in [5.41, 5.74) is 0.847. The summed E-state index contributed by atoms with van der Waals surface area (Å²) in [6, 6.07) is 8.69. The maximum Gasteiger partial charge on any atom is 0.410 e. The van der Waals surface area contributed by atoms with Gasteiger partial charge in [-0.25, -0.2) is 4.79 Å². The standard InChI is InChI=1S/C14H19NO6S/c1-22(18,19)21-13-7-12(9-16)15(8-13)14(17)20-10-11-5-3-2-4-6-11/h2-6,12-13,16H,7-10H2,1H3/t12-,13?/m0/s1. The second-order valence-corrected chi connectivity index (χ2v) is 6.79. The van der Waals surface area contributed by atoms with E-state index in [1.807, 2.05) is 30.3 Å². The zero-order valence-electron chi connectivity index (χ0n) is 12.2. The fourth-order valence-corrected chi connectivity index (χ4v) is 3.02. The predicted molar refractivity (Wildman–Crippen MR) is 78.5 cm³/mol. The number of carbonyl (C=O) groups excluding carboxylic acids is 1. The van der Waals surface area contributed by atoms with Gasteiger partial charge in [0.2, 0.25) is 0 Å². The fraction of sp³-hybridized carbons (Fsp3) is 0.500. The number of nitrogens with zero attached hydrogens (tertiary/aromatic N) is 1. The summed E-state index contributed by atoms with van der Waals surface area (Å²) in [6.45, 7) is -0.0814. The number of likely N-dealkylation sites (tertiary alicyclic amines) is 1. The smallest absolute Gasteiger partial charge is 0.410 e. The summed E-state index contributed by atoms with van der Waals surface area (Å²) < 4.78 is 32.4. The summed E-state index contributed by atoms with van der Waals surface area (Å²) in [7, 11) is -3.60. The first-order valence-electron chi connectivity index (χ1n) is 6.85. The van der Waals surface area contributed by atoms with E-state index in [1.54, 1.807) is 0 Å². The van der Waals surface area contributed by atoms with Gasteiger partial charge in [-0.2, -0.15) is 8.42 Å². The molecule has 1 saturated heterocycles. The van der Waals surface area contributed by atoms with Crippen molar-refractivity contribution in [3.63, 3.8) is 0 Å². The molecule has 1 heterocycles. The van der Waals surface area contributed by atoms with Crippen LogP contribution in [-0.2, 0) is 25.6 Å². The minimum Gasteiger partial charge on any atom is -0.445 e. The second-order valence-electron chi connectivity index (χ2n) is 5.19. The van der Waals surface area contributed by atoms with E-state index in [-0.39, 0.29) is 26.2 Å². The summed E-state index contributed by atoms with van der Waals surface area (Å²) in [5.74, 6) is 0. The highest BCUT2D eigenvalue weighted by atomic mass is 32.2. The highest BCUT2D eigenvalue weighted by molar-refractivity contribution is 7.86. The number of aliphatic hydroxyl groups excluding tert-OH is 1. The number of amides is 1. The van der Waals surface area contributed by atoms with Crippen molar-refractivity contribution >= 4 is 16.2 Å². The van der Waals surface area contributed by atoms with Crippen LogP contribution in [0.15, 0.2) is 30.3 Å². The van der Waals surface area contributed by atoms with E-state index in [2.05, 4.69) is 0 Å². The van der Waals surface area contributed by atoms with E-state index in [9.17, 15) is 18.3 Å². The molecule has 122 valence electrons. The molecule has 0 spiro atoms. The Kier molecular flexibility index (Phi) is 5.38. The van der Waals surface area contributed by atoms with E-state index in [1.165, 1.54) is 4.90 Å². The number of hydrogen-bond donors (Lipinski definition) is 1. The third-order valence-electron chi connectivity index (χ3n) is 3.34. The Morgan fingerprint density at radius 2 is 2.05 bits per heavy atom. The lowest BCUT2D eigenvalue weighted by atomic mass is 10.2. The van der Waals surface area contributed by atoms with E-state index < -0.39 is 28.4 Å². The zero-order valence-corrected chi connectivity index (χ0v) is 13.0. The van der Waals surface area contributed by atoms with Crippen molar-refractivity contribution in [3.05, 3.63) is 35.9 Å². The SMILES string of the molecule is CS(=O)(=O)OC1C[C@@H](CO)N(C(=O)OCc2ccccc2)C1. The van der Waals surface area contributed by atoms with Crippen molar-refractivity contribution in [1.82, 2.24) is 4.90 Å². The molecular formula is C14H19NO6S. The third-order valence-corrected chi connectivity index (χ3v) is 3.96. The van der Waals surface area contributed by atoms with Gasteiger partial charge in [-0.1, -0.05) is 30.3 Å². The van der Waals surface area contributed by atoms with Crippen LogP contribution in [0.3, 0.4) is 0 Å². The molecule has 1 aromatic carbocycles. The molecule has 0 saturated carbocycles. The molecule has 1 N–H and O–H groups in total. The van der Waals surface area contributed by atoms with Gasteiger partial charge in [0.15, 0.2) is 0 Å². The molecule has 0 aliphatic carbocycles. The van der Waals surface area contributed by atoms with Gasteiger partial charge in [0.05, 0.1) is 31.6 Å². The first kappa shape index (κ1) is 16.7. The quantitative estimate of drug-likeness (QED) is 0.801. The minimum atomic E-state index is -3.60. The van der Waals surface area contributed by atoms with Gasteiger partial charge in [-0.15, -0.1) is 0 Å². The lowest BCUT2D eigenvalue weighted by Crippen LogP contribution is -2.38. The average molecular weight is 329 g/mol. The van der Waals surface area contributed by atoms with E-state index in [0.717, 1.165) is 11.8 Å². The van der Waals surface area contributed by atoms with Crippen molar-refractivity contribution in [2.75, 3.05) is 19.4 Å². The summed E-state index contributed by atoms with van der Waals surface area (Å²) >= 11 is 0. The normalized spacial score (nSPS) is 21.8. The van der Waals surface area contributed by atoms with Gasteiger partial charge in [-0.05, 0) is 12.0 Å². The van der Waals surface area contributed by atoms with Crippen LogP contribution in [0.5, 0.6) is 0 Å². The van der Waals surface area contributed by atoms with Gasteiger partial charge >= 0.3 is 6.09 Å². The van der Waals surface area contributed by atoms with Crippen LogP contribution in [0.1, 0.15) is 12.0 Å². The first-order valence-corrected chi connectivity index (χ1v) is 8.67. The number of carbonyl (C=O) groups is 1. The molecule has 2 atom stereocenters. The highest BCUT2D eigenvalue weighted by Gasteiger charge is 2.37. The van der Waals surface area contributed by atoms with E-state index in [4.69, 9.17) is 8.92 Å². The molecule has 1 fully saturated rings. The topological polar surface area (TPSA) is 93.1 Å². The minimum absolute atomic E-state index is 0.0753. The molecule has 0 radical (unpaired) electrons. The van der Waals surface area contributed by atoms with Crippen LogP contribution in [0.2, 0.25) is 0 Å². The van der Waals surface area contributed by atoms with Gasteiger partial charge < -0.3 is 14.7 Å². The molecule has 7 nitrogen and oxygen atoms in total. The number of benzene rings is 1. The molecule has 22 heavy (non-hydrogen) atoms. The average Bonchev–Trinajstić information content (AvgIpc) is 2.86. The molecule has 1 unspecified atom stereocenters. The molecule has 1 aliphatic heterocycles. The van der Waals surface area contributed by atoms with Crippen molar-refractivity contribution in [2.24, 2.45) is 0 Å². The second kappa shape index (κ2) is 7.08. The van der Waals surface area contributed by atoms with Gasteiger partial charge in [0.1, 0.15) is 6.61 Å². The molecule has 1 amide bonds. The molecular weight excluding hydrogens is 310 g/mol. The van der Waals surface area contributed by atoms with Crippen LogP contribution in [0.25, 0.3) is 0 Å². The van der Waals surface area contributed by atoms with Gasteiger partial charge in [0.25, 0.3) is 10.1 Å². The lowest BCUT2D eigenvalue weighted by Gasteiger charge is -2.21. The summed E-state index contributed by atoms with van der Waals surface area (Å²) in [5, 5.41) is 9.33. The first-order chi connectivity index (χ1) is 10.4. The van der Waals surface area contributed by atoms with Crippen molar-refractivity contribution in [1.29, 1.82) is 0 Å². The Balaban J connectivity index is 1.93. The maximum atomic E-state index is 12.1. The third kappa shape index (κ3) is 4.69. The molecule has 0 aromatic heterocycles. The maximum absolute atomic E-state index is 12.1. The molecule has 2 rings (SSSR count). The number of ether oxygens (including phenoxy) is 1. The Hall–Kier alpha value is -1.64. The van der Waals surface area contributed by atoms with Crippen LogP contribution in [0, 0.1) is 0 Å². The van der Waals surface area contributed by atoms with Crippen molar-refractivity contribution < 1.29 is 27.2 Å². The molecule has 0 bridgehead atoms. The van der Waals surface area contributed by atoms with Crippen LogP contribution in [0.4, 0.5) is 4.79 Å². The zero-order chi connectivity index (χ0) is 16.2. The fourth-order valence-electron chi connectivity index (χ4n) is 2.39. The lowest BCUT2D eigenvalue weighted by molar-refractivity contribution is 0.0780. The van der Waals surface area contributed by atoms with Crippen LogP contribution in [-0.4, -0.2) is 56.1 Å². The largest absolute Gasteiger partial charge is 0.445 e. The Morgan fingerprint density at radius 3 is 2.64 bits per heavy atom. The van der Waals surface area contributed by atoms with E-state index in [0.29, 0.717) is 0 Å². The Labute approximate surface area is 129 Å². The molecule has 1 aliphatic rings.